The Morgan fingerprint density at radius 3 is 2.08 bits per heavy atom. The van der Waals surface area contributed by atoms with E-state index in [1.54, 1.807) is 0 Å². The van der Waals surface area contributed by atoms with Crippen LogP contribution in [0.15, 0.2) is 37.0 Å². The van der Waals surface area contributed by atoms with Crippen molar-refractivity contribution < 1.29 is 38.1 Å². The summed E-state index contributed by atoms with van der Waals surface area (Å²) < 4.78 is 20.1. The Morgan fingerprint density at radius 1 is 0.962 bits per heavy atom. The van der Waals surface area contributed by atoms with Crippen molar-refractivity contribution in [3.8, 4) is 0 Å². The zero-order valence-corrected chi connectivity index (χ0v) is 14.1. The van der Waals surface area contributed by atoms with E-state index in [-0.39, 0.29) is 13.2 Å². The van der Waals surface area contributed by atoms with E-state index in [0.717, 1.165) is 38.5 Å². The number of ether oxygens (including phenoxy) is 4. The lowest BCUT2D eigenvalue weighted by Crippen LogP contribution is -2.29. The van der Waals surface area contributed by atoms with E-state index < -0.39 is 30.0 Å². The third-order valence-electron chi connectivity index (χ3n) is 2.66. The second-order valence-electron chi connectivity index (χ2n) is 4.52. The minimum Gasteiger partial charge on any atom is -0.466 e. The topological polar surface area (TPSA) is 136 Å². The van der Waals surface area contributed by atoms with E-state index in [9.17, 15) is 19.2 Å². The lowest BCUT2D eigenvalue weighted by Gasteiger charge is -2.16. The van der Waals surface area contributed by atoms with Crippen LogP contribution in [0.25, 0.3) is 0 Å². The molecule has 0 N–H and O–H groups in total. The van der Waals surface area contributed by atoms with Crippen molar-refractivity contribution in [2.75, 3.05) is 20.8 Å². The molecule has 0 saturated heterocycles. The maximum atomic E-state index is 11.7. The highest BCUT2D eigenvalue weighted by atomic mass is 16.6. The Bertz CT molecular complexity index is 681. The van der Waals surface area contributed by atoms with Crippen molar-refractivity contribution in [1.29, 1.82) is 0 Å². The first-order chi connectivity index (χ1) is 12.4. The van der Waals surface area contributed by atoms with Gasteiger partial charge < -0.3 is 18.9 Å². The van der Waals surface area contributed by atoms with Gasteiger partial charge >= 0.3 is 23.9 Å². The first-order valence-electron chi connectivity index (χ1n) is 7.16. The molecular weight excluding hydrogens is 350 g/mol. The van der Waals surface area contributed by atoms with Gasteiger partial charge in [-0.15, -0.1) is 0 Å². The van der Waals surface area contributed by atoms with Gasteiger partial charge in [-0.3, -0.25) is 0 Å². The normalized spacial score (nSPS) is 11.9. The maximum Gasteiger partial charge on any atom is 0.331 e. The lowest BCUT2D eigenvalue weighted by atomic mass is 10.3. The van der Waals surface area contributed by atoms with Crippen LogP contribution in [0.5, 0.6) is 0 Å². The van der Waals surface area contributed by atoms with E-state index in [4.69, 9.17) is 9.47 Å². The second-order valence-corrected chi connectivity index (χ2v) is 4.52. The van der Waals surface area contributed by atoms with Crippen molar-refractivity contribution in [1.82, 2.24) is 14.8 Å². The van der Waals surface area contributed by atoms with Crippen LogP contribution in [0.1, 0.15) is 0 Å². The molecule has 0 radical (unpaired) electrons. The molecule has 1 atom stereocenters. The lowest BCUT2D eigenvalue weighted by molar-refractivity contribution is -0.153. The van der Waals surface area contributed by atoms with Gasteiger partial charge in [-0.05, 0) is 0 Å². The minimum absolute atomic E-state index is 0.0474. The number of hydrogen-bond donors (Lipinski definition) is 0. The molecule has 0 aromatic carbocycles. The Hall–Kier alpha value is -3.50. The van der Waals surface area contributed by atoms with Gasteiger partial charge in [-0.1, -0.05) is 0 Å². The summed E-state index contributed by atoms with van der Waals surface area (Å²) in [7, 11) is 2.32. The Morgan fingerprint density at radius 2 is 1.54 bits per heavy atom. The van der Waals surface area contributed by atoms with Gasteiger partial charge in [0.05, 0.1) is 20.8 Å². The van der Waals surface area contributed by atoms with Crippen LogP contribution in [0, 0.1) is 0 Å². The number of carbonyl (C=O) groups excluding carboxylic acids is 4. The van der Waals surface area contributed by atoms with E-state index >= 15 is 0 Å². The summed E-state index contributed by atoms with van der Waals surface area (Å²) in [4.78, 5) is 48.9. The molecule has 0 spiro atoms. The molecule has 0 saturated carbocycles. The first kappa shape index (κ1) is 20.5. The Labute approximate surface area is 148 Å². The fourth-order valence-electron chi connectivity index (χ4n) is 1.49. The number of carbonyl (C=O) groups is 4. The van der Waals surface area contributed by atoms with Crippen molar-refractivity contribution >= 4 is 23.9 Å². The van der Waals surface area contributed by atoms with Crippen LogP contribution in [0.2, 0.25) is 0 Å². The Balaban J connectivity index is 2.64. The molecule has 26 heavy (non-hydrogen) atoms. The summed E-state index contributed by atoms with van der Waals surface area (Å²) in [6, 6.07) is 0. The molecule has 140 valence electrons. The summed E-state index contributed by atoms with van der Waals surface area (Å²) in [6.45, 7) is -0.270. The molecule has 0 bridgehead atoms. The van der Waals surface area contributed by atoms with Crippen LogP contribution in [-0.4, -0.2) is 65.6 Å². The smallest absolute Gasteiger partial charge is 0.331 e. The third kappa shape index (κ3) is 8.38. The van der Waals surface area contributed by atoms with Gasteiger partial charge in [0.1, 0.15) is 19.3 Å². The van der Waals surface area contributed by atoms with E-state index in [1.165, 1.54) is 17.3 Å². The molecular formula is C15H17N3O8. The van der Waals surface area contributed by atoms with Gasteiger partial charge in [-0.25, -0.2) is 28.8 Å². The molecule has 1 unspecified atom stereocenters. The van der Waals surface area contributed by atoms with Crippen LogP contribution < -0.4 is 0 Å². The molecule has 11 heteroatoms. The molecule has 1 aromatic rings. The molecule has 1 rings (SSSR count). The summed E-state index contributed by atoms with van der Waals surface area (Å²) in [6.07, 6.45) is 5.27. The molecule has 1 heterocycles. The second kappa shape index (κ2) is 11.1. The number of esters is 4. The van der Waals surface area contributed by atoms with Crippen LogP contribution >= 0.6 is 0 Å². The third-order valence-corrected chi connectivity index (χ3v) is 2.66. The van der Waals surface area contributed by atoms with Crippen molar-refractivity contribution in [3.05, 3.63) is 37.0 Å². The van der Waals surface area contributed by atoms with Crippen molar-refractivity contribution in [2.24, 2.45) is 0 Å². The molecule has 11 nitrogen and oxygen atoms in total. The number of hydrogen-bond acceptors (Lipinski definition) is 10. The molecule has 0 aliphatic heterocycles. The van der Waals surface area contributed by atoms with Crippen molar-refractivity contribution in [3.63, 3.8) is 0 Å². The minimum atomic E-state index is -0.915. The number of nitrogens with zero attached hydrogens (tertiary/aromatic N) is 3. The highest BCUT2D eigenvalue weighted by Crippen LogP contribution is 2.01. The largest absolute Gasteiger partial charge is 0.466 e. The average Bonchev–Trinajstić information content (AvgIpc) is 3.14. The summed E-state index contributed by atoms with van der Waals surface area (Å²) in [5.74, 6) is -3.13. The maximum absolute atomic E-state index is 11.7. The number of rotatable bonds is 9. The summed E-state index contributed by atoms with van der Waals surface area (Å²) >= 11 is 0. The Kier molecular flexibility index (Phi) is 8.79. The quantitative estimate of drug-likeness (QED) is 0.310. The number of aromatic nitrogens is 3. The van der Waals surface area contributed by atoms with E-state index in [2.05, 4.69) is 19.6 Å². The number of methoxy groups -OCH3 is 2. The average molecular weight is 367 g/mol. The van der Waals surface area contributed by atoms with Gasteiger partial charge in [-0.2, -0.15) is 5.10 Å². The van der Waals surface area contributed by atoms with Gasteiger partial charge in [0.15, 0.2) is 6.10 Å². The van der Waals surface area contributed by atoms with E-state index in [0.29, 0.717) is 0 Å². The zero-order valence-electron chi connectivity index (χ0n) is 14.1. The fourth-order valence-corrected chi connectivity index (χ4v) is 1.49. The predicted molar refractivity (Wildman–Crippen MR) is 83.2 cm³/mol. The van der Waals surface area contributed by atoms with Crippen LogP contribution in [0.4, 0.5) is 0 Å². The predicted octanol–water partition coefficient (Wildman–Crippen LogP) is -0.808. The van der Waals surface area contributed by atoms with Gasteiger partial charge in [0.25, 0.3) is 0 Å². The SMILES string of the molecule is COC(=O)/C=C/C(=O)OCC(Cn1cncn1)OC(=O)/C=C/C(=O)OC. The molecule has 0 fully saturated rings. The van der Waals surface area contributed by atoms with Crippen LogP contribution in [-0.2, 0) is 44.7 Å². The first-order valence-corrected chi connectivity index (χ1v) is 7.16. The summed E-state index contributed by atoms with van der Waals surface area (Å²) in [5, 5.41) is 3.85. The van der Waals surface area contributed by atoms with Crippen molar-refractivity contribution in [2.45, 2.75) is 12.6 Å². The summed E-state index contributed by atoms with van der Waals surface area (Å²) in [5.41, 5.74) is 0. The van der Waals surface area contributed by atoms with Crippen LogP contribution in [0.3, 0.4) is 0 Å². The monoisotopic (exact) mass is 367 g/mol. The van der Waals surface area contributed by atoms with Gasteiger partial charge in [0.2, 0.25) is 0 Å². The molecule has 1 aromatic heterocycles. The molecule has 0 aliphatic rings. The highest BCUT2D eigenvalue weighted by Gasteiger charge is 2.17. The standard InChI is InChI=1S/C15H17N3O8/c1-23-12(19)3-5-14(21)25-8-11(7-18-10-16-9-17-18)26-15(22)6-4-13(20)24-2/h3-6,9-11H,7-8H2,1-2H3/b5-3+,6-4+. The fraction of sp³-hybridized carbons (Fsp3) is 0.333. The van der Waals surface area contributed by atoms with Gasteiger partial charge in [0, 0.05) is 24.3 Å². The molecule has 0 aliphatic carbocycles. The highest BCUT2D eigenvalue weighted by molar-refractivity contribution is 5.92. The van der Waals surface area contributed by atoms with E-state index in [1.807, 2.05) is 0 Å². The zero-order chi connectivity index (χ0) is 19.4. The molecule has 0 amide bonds.